The number of halogens is 1. The Labute approximate surface area is 132 Å². The van der Waals surface area contributed by atoms with Gasteiger partial charge in [0.25, 0.3) is 0 Å². The van der Waals surface area contributed by atoms with E-state index in [0.29, 0.717) is 22.3 Å². The second kappa shape index (κ2) is 6.27. The molecule has 0 unspecified atom stereocenters. The zero-order chi connectivity index (χ0) is 15.6. The zero-order valence-corrected chi connectivity index (χ0v) is 13.9. The van der Waals surface area contributed by atoms with Crippen molar-refractivity contribution in [2.75, 3.05) is 17.7 Å². The number of rotatable bonds is 4. The molecule has 0 saturated heterocycles. The number of anilines is 2. The van der Waals surface area contributed by atoms with E-state index in [-0.39, 0.29) is 11.3 Å². The highest BCUT2D eigenvalue weighted by Gasteiger charge is 2.43. The first-order valence-corrected chi connectivity index (χ1v) is 8.07. The molecule has 0 heterocycles. The van der Waals surface area contributed by atoms with Crippen LogP contribution in [0.15, 0.2) is 18.2 Å². The minimum atomic E-state index is -0.225. The maximum atomic E-state index is 13.1. The first kappa shape index (κ1) is 16.2. The highest BCUT2D eigenvalue weighted by atomic mass is 35.5. The third-order valence-electron chi connectivity index (χ3n) is 4.47. The molecule has 3 nitrogen and oxygen atoms in total. The van der Waals surface area contributed by atoms with Crippen LogP contribution in [0.5, 0.6) is 0 Å². The lowest BCUT2D eigenvalue weighted by Crippen LogP contribution is -2.41. The summed E-state index contributed by atoms with van der Waals surface area (Å²) in [5.41, 5.74) is 7.10. The van der Waals surface area contributed by atoms with Crippen molar-refractivity contribution < 1.29 is 4.79 Å². The van der Waals surface area contributed by atoms with E-state index in [4.69, 9.17) is 17.3 Å². The first-order valence-electron chi connectivity index (χ1n) is 7.69. The molecule has 1 saturated carbocycles. The molecular weight excluding hydrogens is 284 g/mol. The quantitative estimate of drug-likeness (QED) is 0.833. The van der Waals surface area contributed by atoms with Crippen LogP contribution in [0, 0.1) is 11.3 Å². The number of nitrogen functional groups attached to an aromatic ring is 1. The van der Waals surface area contributed by atoms with Gasteiger partial charge in [-0.25, -0.2) is 0 Å². The predicted molar refractivity (Wildman–Crippen MR) is 89.6 cm³/mol. The maximum absolute atomic E-state index is 13.1. The molecule has 0 atom stereocenters. The van der Waals surface area contributed by atoms with Crippen LogP contribution < -0.4 is 10.6 Å². The second-order valence-electron chi connectivity index (χ2n) is 6.65. The zero-order valence-electron chi connectivity index (χ0n) is 13.2. The Balaban J connectivity index is 2.30. The smallest absolute Gasteiger partial charge is 0.233 e. The molecule has 116 valence electrons. The fraction of sp³-hybridized carbons (Fsp3) is 0.588. The third kappa shape index (κ3) is 3.34. The Morgan fingerprint density at radius 1 is 1.38 bits per heavy atom. The van der Waals surface area contributed by atoms with E-state index in [2.05, 4.69) is 13.8 Å². The van der Waals surface area contributed by atoms with Crippen molar-refractivity contribution in [1.82, 2.24) is 0 Å². The van der Waals surface area contributed by atoms with Crippen molar-refractivity contribution in [1.29, 1.82) is 0 Å². The van der Waals surface area contributed by atoms with Gasteiger partial charge in [0.1, 0.15) is 0 Å². The topological polar surface area (TPSA) is 46.3 Å². The number of nitrogens with zero attached hydrogens (tertiary/aromatic N) is 1. The third-order valence-corrected chi connectivity index (χ3v) is 4.71. The van der Waals surface area contributed by atoms with Crippen LogP contribution in [0.3, 0.4) is 0 Å². The first-order chi connectivity index (χ1) is 9.85. The highest BCUT2D eigenvalue weighted by molar-refractivity contribution is 6.31. The van der Waals surface area contributed by atoms with Gasteiger partial charge >= 0.3 is 0 Å². The van der Waals surface area contributed by atoms with Gasteiger partial charge in [-0.15, -0.1) is 0 Å². The summed E-state index contributed by atoms with van der Waals surface area (Å²) in [5.74, 6) is 0.694. The largest absolute Gasteiger partial charge is 0.397 e. The summed E-state index contributed by atoms with van der Waals surface area (Å²) in [5, 5.41) is 0.600. The summed E-state index contributed by atoms with van der Waals surface area (Å²) >= 11 is 6.05. The number of carbonyl (C=O) groups is 1. The van der Waals surface area contributed by atoms with Gasteiger partial charge in [0.2, 0.25) is 5.91 Å². The Morgan fingerprint density at radius 2 is 2.00 bits per heavy atom. The SMILES string of the molecule is CC(C)CC1(C(=O)N(C)c2cc(Cl)ccc2N)CCCC1. The van der Waals surface area contributed by atoms with Crippen LogP contribution >= 0.6 is 11.6 Å². The molecule has 2 N–H and O–H groups in total. The number of nitrogens with two attached hydrogens (primary N) is 1. The Bertz CT molecular complexity index is 522. The molecule has 0 aromatic heterocycles. The monoisotopic (exact) mass is 308 g/mol. The molecule has 0 aliphatic heterocycles. The van der Waals surface area contributed by atoms with Gasteiger partial charge in [-0.1, -0.05) is 38.3 Å². The van der Waals surface area contributed by atoms with E-state index < -0.39 is 0 Å². The molecule has 0 radical (unpaired) electrons. The van der Waals surface area contributed by atoms with Gasteiger partial charge in [0, 0.05) is 17.5 Å². The Morgan fingerprint density at radius 3 is 2.57 bits per heavy atom. The lowest BCUT2D eigenvalue weighted by Gasteiger charge is -2.34. The van der Waals surface area contributed by atoms with Crippen LogP contribution in [-0.4, -0.2) is 13.0 Å². The lowest BCUT2D eigenvalue weighted by atomic mass is 9.77. The minimum absolute atomic E-state index is 0.183. The molecule has 1 aromatic carbocycles. The summed E-state index contributed by atoms with van der Waals surface area (Å²) in [6, 6.07) is 5.27. The number of hydrogen-bond donors (Lipinski definition) is 1. The minimum Gasteiger partial charge on any atom is -0.397 e. The predicted octanol–water partition coefficient (Wildman–Crippen LogP) is 4.49. The summed E-state index contributed by atoms with van der Waals surface area (Å²) in [7, 11) is 1.81. The van der Waals surface area contributed by atoms with Crippen LogP contribution in [0.2, 0.25) is 5.02 Å². The van der Waals surface area contributed by atoms with E-state index in [1.165, 1.54) is 0 Å². The van der Waals surface area contributed by atoms with E-state index in [9.17, 15) is 4.79 Å². The van der Waals surface area contributed by atoms with Crippen molar-refractivity contribution >= 4 is 28.9 Å². The van der Waals surface area contributed by atoms with Crippen molar-refractivity contribution in [3.63, 3.8) is 0 Å². The molecule has 0 bridgehead atoms. The van der Waals surface area contributed by atoms with Crippen molar-refractivity contribution in [3.8, 4) is 0 Å². The van der Waals surface area contributed by atoms with Gasteiger partial charge in [-0.2, -0.15) is 0 Å². The molecule has 21 heavy (non-hydrogen) atoms. The molecule has 1 aliphatic rings. The van der Waals surface area contributed by atoms with Crippen LogP contribution in [0.4, 0.5) is 11.4 Å². The van der Waals surface area contributed by atoms with Crippen LogP contribution in [0.1, 0.15) is 46.0 Å². The van der Waals surface area contributed by atoms with Crippen molar-refractivity contribution in [3.05, 3.63) is 23.2 Å². The van der Waals surface area contributed by atoms with Gasteiger partial charge in [-0.3, -0.25) is 4.79 Å². The van der Waals surface area contributed by atoms with Crippen LogP contribution in [-0.2, 0) is 4.79 Å². The fourth-order valence-corrected chi connectivity index (χ4v) is 3.78. The average Bonchev–Trinajstić information content (AvgIpc) is 2.88. The summed E-state index contributed by atoms with van der Waals surface area (Å²) in [4.78, 5) is 14.8. The van der Waals surface area contributed by atoms with Crippen molar-refractivity contribution in [2.45, 2.75) is 46.0 Å². The molecular formula is C17H25ClN2O. The van der Waals surface area contributed by atoms with E-state index >= 15 is 0 Å². The number of amides is 1. The number of hydrogen-bond acceptors (Lipinski definition) is 2. The Hall–Kier alpha value is -1.22. The number of benzene rings is 1. The molecule has 4 heteroatoms. The van der Waals surface area contributed by atoms with Gasteiger partial charge < -0.3 is 10.6 Å². The van der Waals surface area contributed by atoms with Gasteiger partial charge in [0.05, 0.1) is 11.4 Å². The lowest BCUT2D eigenvalue weighted by molar-refractivity contribution is -0.128. The van der Waals surface area contributed by atoms with E-state index in [1.54, 1.807) is 23.1 Å². The Kier molecular flexibility index (Phi) is 4.82. The van der Waals surface area contributed by atoms with Crippen LogP contribution in [0.25, 0.3) is 0 Å². The highest BCUT2D eigenvalue weighted by Crippen LogP contribution is 2.45. The standard InChI is InChI=1S/C17H25ClN2O/c1-12(2)11-17(8-4-5-9-17)16(21)20(3)15-10-13(18)6-7-14(15)19/h6-7,10,12H,4-5,8-9,11,19H2,1-3H3. The molecule has 1 amide bonds. The van der Waals surface area contributed by atoms with Crippen molar-refractivity contribution in [2.24, 2.45) is 11.3 Å². The second-order valence-corrected chi connectivity index (χ2v) is 7.09. The summed E-state index contributed by atoms with van der Waals surface area (Å²) in [6.45, 7) is 4.36. The number of carbonyl (C=O) groups excluding carboxylic acids is 1. The molecule has 1 aromatic rings. The van der Waals surface area contributed by atoms with E-state index in [1.807, 2.05) is 7.05 Å². The summed E-state index contributed by atoms with van der Waals surface area (Å²) in [6.07, 6.45) is 5.18. The molecule has 2 rings (SSSR count). The van der Waals surface area contributed by atoms with Gasteiger partial charge in [0.15, 0.2) is 0 Å². The average molecular weight is 309 g/mol. The fourth-order valence-electron chi connectivity index (χ4n) is 3.61. The van der Waals surface area contributed by atoms with E-state index in [0.717, 1.165) is 32.1 Å². The van der Waals surface area contributed by atoms with Gasteiger partial charge in [-0.05, 0) is 43.4 Å². The molecule has 0 spiro atoms. The summed E-state index contributed by atoms with van der Waals surface area (Å²) < 4.78 is 0. The molecule has 1 fully saturated rings. The maximum Gasteiger partial charge on any atom is 0.233 e. The normalized spacial score (nSPS) is 17.2. The molecule has 1 aliphatic carbocycles.